The van der Waals surface area contributed by atoms with Gasteiger partial charge in [0.05, 0.1) is 16.1 Å². The third-order valence-corrected chi connectivity index (χ3v) is 3.88. The molecule has 0 saturated heterocycles. The minimum Gasteiger partial charge on any atom is -0.166 e. The Balaban J connectivity index is 2.64. The van der Waals surface area contributed by atoms with E-state index in [9.17, 15) is 39.5 Å². The molecule has 0 N–H and O–H groups in total. The van der Waals surface area contributed by atoms with Gasteiger partial charge in [-0.1, -0.05) is 17.7 Å². The van der Waals surface area contributed by atoms with Crippen molar-refractivity contribution in [1.82, 2.24) is 0 Å². The molecule has 0 nitrogen and oxygen atoms in total. The van der Waals surface area contributed by atoms with Gasteiger partial charge in [0.25, 0.3) is 0 Å². The van der Waals surface area contributed by atoms with Crippen LogP contribution in [0.4, 0.5) is 39.5 Å². The zero-order valence-electron chi connectivity index (χ0n) is 12.1. The molecule has 0 bridgehead atoms. The van der Waals surface area contributed by atoms with Crippen molar-refractivity contribution in [1.29, 1.82) is 0 Å². The Bertz CT molecular complexity index is 806. The standard InChI is InChI=1S/C15H5ClF9S/c16-9-3-7(4-10(6-9)26-15(23,24)25)11-2-1-8(13(17,18)19)5-12(11)14(20,21)22/h1-5H. The van der Waals surface area contributed by atoms with E-state index >= 15 is 0 Å². The van der Waals surface area contributed by atoms with Gasteiger partial charge in [-0.25, -0.2) is 0 Å². The summed E-state index contributed by atoms with van der Waals surface area (Å²) in [6.45, 7) is 0. The summed E-state index contributed by atoms with van der Waals surface area (Å²) in [6.07, 6.45) is -10.2. The van der Waals surface area contributed by atoms with Crippen molar-refractivity contribution in [2.75, 3.05) is 0 Å². The molecular formula is C15H5ClF9S. The predicted molar refractivity (Wildman–Crippen MR) is 77.6 cm³/mol. The molecule has 0 amide bonds. The summed E-state index contributed by atoms with van der Waals surface area (Å²) in [7, 11) is 0. The normalized spacial score (nSPS) is 13.2. The van der Waals surface area contributed by atoms with E-state index in [0.29, 0.717) is 12.1 Å². The number of rotatable bonds is 2. The highest BCUT2D eigenvalue weighted by Gasteiger charge is 2.38. The summed E-state index contributed by atoms with van der Waals surface area (Å²) >= 11 is 4.94. The number of hydrogen-bond donors (Lipinski definition) is 0. The molecule has 26 heavy (non-hydrogen) atoms. The number of benzene rings is 2. The average molecular weight is 424 g/mol. The molecule has 0 fully saturated rings. The summed E-state index contributed by atoms with van der Waals surface area (Å²) in [4.78, 5) is -0.618. The van der Waals surface area contributed by atoms with E-state index in [1.54, 1.807) is 0 Å². The van der Waals surface area contributed by atoms with Gasteiger partial charge in [0.2, 0.25) is 0 Å². The fourth-order valence-electron chi connectivity index (χ4n) is 2.05. The second-order valence-electron chi connectivity index (χ2n) is 4.88. The van der Waals surface area contributed by atoms with Crippen LogP contribution in [0.3, 0.4) is 0 Å². The Morgan fingerprint density at radius 2 is 1.42 bits per heavy atom. The lowest BCUT2D eigenvalue weighted by Gasteiger charge is -2.17. The van der Waals surface area contributed by atoms with Crippen LogP contribution in [-0.4, -0.2) is 5.51 Å². The molecule has 0 atom stereocenters. The minimum absolute atomic E-state index is 0.101. The van der Waals surface area contributed by atoms with E-state index in [1.807, 2.05) is 0 Å². The van der Waals surface area contributed by atoms with Crippen molar-refractivity contribution in [3.8, 4) is 11.1 Å². The molecule has 0 saturated carbocycles. The van der Waals surface area contributed by atoms with E-state index in [4.69, 9.17) is 11.6 Å². The van der Waals surface area contributed by atoms with Crippen LogP contribution in [0.2, 0.25) is 5.02 Å². The average Bonchev–Trinajstić information content (AvgIpc) is 2.42. The van der Waals surface area contributed by atoms with Gasteiger partial charge in [-0.2, -0.15) is 39.5 Å². The number of halogens is 10. The second-order valence-corrected chi connectivity index (χ2v) is 6.40. The summed E-state index contributed by atoms with van der Waals surface area (Å²) in [6, 6.07) is 4.58. The molecule has 2 aromatic carbocycles. The lowest BCUT2D eigenvalue weighted by atomic mass is 9.97. The van der Waals surface area contributed by atoms with Gasteiger partial charge in [0.15, 0.2) is 0 Å². The molecule has 0 aliphatic carbocycles. The largest absolute Gasteiger partial charge is 0.446 e. The zero-order valence-corrected chi connectivity index (χ0v) is 13.6. The highest BCUT2D eigenvalue weighted by atomic mass is 35.5. The van der Waals surface area contributed by atoms with Crippen LogP contribution in [-0.2, 0) is 12.4 Å². The molecule has 0 spiro atoms. The van der Waals surface area contributed by atoms with Crippen molar-refractivity contribution < 1.29 is 39.5 Å². The highest BCUT2D eigenvalue weighted by Crippen LogP contribution is 2.43. The van der Waals surface area contributed by atoms with E-state index in [-0.39, 0.29) is 6.07 Å². The van der Waals surface area contributed by atoms with Crippen LogP contribution in [0.15, 0.2) is 35.2 Å². The Morgan fingerprint density at radius 3 is 1.92 bits per heavy atom. The lowest BCUT2D eigenvalue weighted by Crippen LogP contribution is -2.12. The molecule has 141 valence electrons. The highest BCUT2D eigenvalue weighted by molar-refractivity contribution is 8.00. The molecule has 0 aliphatic rings. The van der Waals surface area contributed by atoms with Crippen molar-refractivity contribution in [2.45, 2.75) is 22.8 Å². The molecule has 0 heterocycles. The van der Waals surface area contributed by atoms with E-state index in [1.165, 1.54) is 0 Å². The molecule has 0 aromatic heterocycles. The van der Waals surface area contributed by atoms with Crippen molar-refractivity contribution >= 4 is 23.4 Å². The molecule has 1 radical (unpaired) electrons. The third-order valence-electron chi connectivity index (χ3n) is 3.00. The maximum absolute atomic E-state index is 13.2. The summed E-state index contributed by atoms with van der Waals surface area (Å²) in [5.41, 5.74) is -9.07. The van der Waals surface area contributed by atoms with Gasteiger partial charge < -0.3 is 0 Å². The lowest BCUT2D eigenvalue weighted by molar-refractivity contribution is -0.142. The Kier molecular flexibility index (Phi) is 5.49. The van der Waals surface area contributed by atoms with Crippen molar-refractivity contribution in [3.05, 3.63) is 52.5 Å². The Labute approximate surface area is 149 Å². The summed E-state index contributed by atoms with van der Waals surface area (Å²) in [5, 5.41) is -0.415. The first kappa shape index (κ1) is 20.8. The Hall–Kier alpha value is -1.55. The van der Waals surface area contributed by atoms with E-state index in [2.05, 4.69) is 6.07 Å². The zero-order chi connectivity index (χ0) is 19.9. The molecule has 11 heteroatoms. The van der Waals surface area contributed by atoms with Crippen LogP contribution in [0.25, 0.3) is 11.1 Å². The fourth-order valence-corrected chi connectivity index (χ4v) is 2.92. The van der Waals surface area contributed by atoms with Crippen molar-refractivity contribution in [3.63, 3.8) is 0 Å². The number of thioether (sulfide) groups is 1. The van der Waals surface area contributed by atoms with Crippen molar-refractivity contribution in [2.24, 2.45) is 0 Å². The van der Waals surface area contributed by atoms with Gasteiger partial charge in [-0.05, 0) is 47.2 Å². The summed E-state index contributed by atoms with van der Waals surface area (Å²) in [5.74, 6) is 0. The van der Waals surface area contributed by atoms with Gasteiger partial charge in [0.1, 0.15) is 0 Å². The molecule has 2 rings (SSSR count). The van der Waals surface area contributed by atoms with Crippen LogP contribution in [0, 0.1) is 6.07 Å². The quantitative estimate of drug-likeness (QED) is 0.357. The first-order valence-corrected chi connectivity index (χ1v) is 7.64. The minimum atomic E-state index is -5.17. The van der Waals surface area contributed by atoms with Crippen LogP contribution < -0.4 is 0 Å². The maximum Gasteiger partial charge on any atom is 0.446 e. The van der Waals surface area contributed by atoms with E-state index < -0.39 is 61.8 Å². The first-order valence-electron chi connectivity index (χ1n) is 6.44. The monoisotopic (exact) mass is 423 g/mol. The molecule has 0 aliphatic heterocycles. The van der Waals surface area contributed by atoms with Crippen LogP contribution in [0.1, 0.15) is 11.1 Å². The fraction of sp³-hybridized carbons (Fsp3) is 0.200. The molecule has 0 unspecified atom stereocenters. The predicted octanol–water partition coefficient (Wildman–Crippen LogP) is 7.46. The van der Waals surface area contributed by atoms with Gasteiger partial charge in [-0.15, -0.1) is 0 Å². The van der Waals surface area contributed by atoms with Gasteiger partial charge >= 0.3 is 17.9 Å². The third kappa shape index (κ3) is 5.23. The van der Waals surface area contributed by atoms with Crippen LogP contribution >= 0.6 is 23.4 Å². The smallest absolute Gasteiger partial charge is 0.166 e. The maximum atomic E-state index is 13.2. The first-order chi connectivity index (χ1) is 11.7. The Morgan fingerprint density at radius 1 is 0.808 bits per heavy atom. The topological polar surface area (TPSA) is 0 Å². The molecule has 2 aromatic rings. The van der Waals surface area contributed by atoms with E-state index in [0.717, 1.165) is 12.1 Å². The second kappa shape index (κ2) is 6.88. The number of hydrogen-bond acceptors (Lipinski definition) is 1. The van der Waals surface area contributed by atoms with Gasteiger partial charge in [-0.3, -0.25) is 0 Å². The summed E-state index contributed by atoms with van der Waals surface area (Å²) < 4.78 is 115. The number of alkyl halides is 9. The van der Waals surface area contributed by atoms with Crippen LogP contribution in [0.5, 0.6) is 0 Å². The van der Waals surface area contributed by atoms with Gasteiger partial charge in [0, 0.05) is 11.0 Å². The molecular weight excluding hydrogens is 419 g/mol. The SMILES string of the molecule is FC(F)(F)Sc1[c]c(Cl)cc(-c2ccc(C(F)(F)F)cc2C(F)(F)F)c1.